The molecule has 1 N–H and O–H groups in total. The highest BCUT2D eigenvalue weighted by molar-refractivity contribution is 6.14. The van der Waals surface area contributed by atoms with Gasteiger partial charge in [0.05, 0.1) is 24.5 Å². The Morgan fingerprint density at radius 1 is 1.20 bits per heavy atom. The summed E-state index contributed by atoms with van der Waals surface area (Å²) < 4.78 is 10.7. The number of aliphatic hydroxyl groups excluding tert-OH is 1. The summed E-state index contributed by atoms with van der Waals surface area (Å²) in [4.78, 5) is 31.6. The fourth-order valence-electron chi connectivity index (χ4n) is 3.54. The molecule has 0 saturated carbocycles. The van der Waals surface area contributed by atoms with Gasteiger partial charge in [-0.25, -0.2) is 0 Å². The Morgan fingerprint density at radius 2 is 2.00 bits per heavy atom. The van der Waals surface area contributed by atoms with Gasteiger partial charge in [0.25, 0.3) is 5.91 Å². The highest BCUT2D eigenvalue weighted by Gasteiger charge is 2.44. The standard InChI is InChI=1S/C23H20N2O5/c1-2-29-17-9-7-16(8-10-17)20-19(21(26)18-6-4-12-30-18)22(27)23(28)25(20)14-15-5-3-11-24-13-15/h3-13,20,27H,2,14H2,1H3/t20-/m1/s1. The van der Waals surface area contributed by atoms with Crippen molar-refractivity contribution in [3.05, 3.63) is 95.4 Å². The molecule has 152 valence electrons. The minimum Gasteiger partial charge on any atom is -0.503 e. The predicted molar refractivity (Wildman–Crippen MR) is 108 cm³/mol. The van der Waals surface area contributed by atoms with E-state index < -0.39 is 23.5 Å². The van der Waals surface area contributed by atoms with E-state index in [1.54, 1.807) is 48.8 Å². The van der Waals surface area contributed by atoms with Gasteiger partial charge in [-0.1, -0.05) is 18.2 Å². The summed E-state index contributed by atoms with van der Waals surface area (Å²) >= 11 is 0. The second-order valence-corrected chi connectivity index (χ2v) is 6.77. The third-order valence-electron chi connectivity index (χ3n) is 4.88. The number of benzene rings is 1. The van der Waals surface area contributed by atoms with E-state index in [0.29, 0.717) is 17.9 Å². The van der Waals surface area contributed by atoms with E-state index in [0.717, 1.165) is 5.56 Å². The van der Waals surface area contributed by atoms with Gasteiger partial charge >= 0.3 is 0 Å². The molecule has 3 heterocycles. The van der Waals surface area contributed by atoms with Crippen LogP contribution in [0.3, 0.4) is 0 Å². The number of ketones is 1. The van der Waals surface area contributed by atoms with Crippen molar-refractivity contribution in [2.75, 3.05) is 6.61 Å². The maximum atomic E-state index is 13.1. The van der Waals surface area contributed by atoms with Crippen LogP contribution in [0.5, 0.6) is 5.75 Å². The maximum Gasteiger partial charge on any atom is 0.290 e. The molecule has 7 nitrogen and oxygen atoms in total. The summed E-state index contributed by atoms with van der Waals surface area (Å²) in [5.74, 6) is -0.981. The maximum absolute atomic E-state index is 13.1. The van der Waals surface area contributed by atoms with Crippen LogP contribution >= 0.6 is 0 Å². The first-order valence-electron chi connectivity index (χ1n) is 9.54. The highest BCUT2D eigenvalue weighted by Crippen LogP contribution is 2.40. The fourth-order valence-corrected chi connectivity index (χ4v) is 3.54. The van der Waals surface area contributed by atoms with E-state index >= 15 is 0 Å². The summed E-state index contributed by atoms with van der Waals surface area (Å²) in [5, 5.41) is 10.6. The van der Waals surface area contributed by atoms with Crippen molar-refractivity contribution in [1.82, 2.24) is 9.88 Å². The summed E-state index contributed by atoms with van der Waals surface area (Å²) in [6, 6.07) is 13.0. The van der Waals surface area contributed by atoms with Gasteiger partial charge < -0.3 is 19.2 Å². The van der Waals surface area contributed by atoms with Gasteiger partial charge in [0.2, 0.25) is 5.78 Å². The van der Waals surface area contributed by atoms with Gasteiger partial charge in [0.1, 0.15) is 5.75 Å². The number of amides is 1. The second-order valence-electron chi connectivity index (χ2n) is 6.77. The number of aromatic nitrogens is 1. The van der Waals surface area contributed by atoms with Crippen LogP contribution < -0.4 is 4.74 Å². The quantitative estimate of drug-likeness (QED) is 0.601. The van der Waals surface area contributed by atoms with Crippen LogP contribution in [0.15, 0.2) is 82.9 Å². The normalized spacial score (nSPS) is 16.2. The number of nitrogens with zero attached hydrogens (tertiary/aromatic N) is 2. The topological polar surface area (TPSA) is 92.9 Å². The zero-order chi connectivity index (χ0) is 21.1. The monoisotopic (exact) mass is 404 g/mol. The van der Waals surface area contributed by atoms with Crippen LogP contribution in [0.1, 0.15) is 34.6 Å². The van der Waals surface area contributed by atoms with Crippen molar-refractivity contribution in [3.8, 4) is 5.75 Å². The number of ether oxygens (including phenoxy) is 1. The van der Waals surface area contributed by atoms with Gasteiger partial charge in [-0.2, -0.15) is 0 Å². The molecule has 1 atom stereocenters. The van der Waals surface area contributed by atoms with Crippen molar-refractivity contribution in [2.45, 2.75) is 19.5 Å². The molecule has 0 spiro atoms. The van der Waals surface area contributed by atoms with Gasteiger partial charge in [-0.05, 0) is 48.4 Å². The molecule has 1 amide bonds. The van der Waals surface area contributed by atoms with Gasteiger partial charge in [-0.3, -0.25) is 14.6 Å². The van der Waals surface area contributed by atoms with Gasteiger partial charge in [0.15, 0.2) is 11.5 Å². The fraction of sp³-hybridized carbons (Fsp3) is 0.174. The number of carbonyl (C=O) groups is 2. The molecule has 0 fully saturated rings. The SMILES string of the molecule is CCOc1ccc([C@@H]2C(C(=O)c3ccco3)=C(O)C(=O)N2Cc2cccnc2)cc1. The first kappa shape index (κ1) is 19.4. The molecule has 3 aromatic rings. The van der Waals surface area contributed by atoms with E-state index in [1.165, 1.54) is 17.2 Å². The Bertz CT molecular complexity index is 1070. The molecule has 1 aliphatic rings. The average molecular weight is 404 g/mol. The molecule has 30 heavy (non-hydrogen) atoms. The number of aliphatic hydroxyl groups is 1. The molecule has 0 aliphatic carbocycles. The Morgan fingerprint density at radius 3 is 2.63 bits per heavy atom. The molecule has 0 saturated heterocycles. The molecule has 7 heteroatoms. The van der Waals surface area contributed by atoms with Crippen molar-refractivity contribution in [3.63, 3.8) is 0 Å². The number of pyridine rings is 1. The van der Waals surface area contributed by atoms with Gasteiger partial charge in [-0.15, -0.1) is 0 Å². The molecular weight excluding hydrogens is 384 g/mol. The van der Waals surface area contributed by atoms with Crippen LogP contribution in [0.2, 0.25) is 0 Å². The molecule has 1 aliphatic heterocycles. The number of carbonyl (C=O) groups excluding carboxylic acids is 2. The lowest BCUT2D eigenvalue weighted by Crippen LogP contribution is -2.30. The molecule has 0 radical (unpaired) electrons. The number of hydrogen-bond acceptors (Lipinski definition) is 6. The third-order valence-corrected chi connectivity index (χ3v) is 4.88. The van der Waals surface area contributed by atoms with E-state index in [-0.39, 0.29) is 17.9 Å². The Labute approximate surface area is 173 Å². The number of rotatable bonds is 7. The van der Waals surface area contributed by atoms with E-state index in [9.17, 15) is 14.7 Å². The third kappa shape index (κ3) is 3.57. The predicted octanol–water partition coefficient (Wildman–Crippen LogP) is 3.85. The van der Waals surface area contributed by atoms with Crippen molar-refractivity contribution < 1.29 is 23.8 Å². The molecule has 0 bridgehead atoms. The Kier molecular flexibility index (Phi) is 5.34. The van der Waals surface area contributed by atoms with Crippen LogP contribution in [-0.2, 0) is 11.3 Å². The van der Waals surface area contributed by atoms with Crippen molar-refractivity contribution >= 4 is 11.7 Å². The summed E-state index contributed by atoms with van der Waals surface area (Å²) in [7, 11) is 0. The van der Waals surface area contributed by atoms with Crippen LogP contribution in [0.4, 0.5) is 0 Å². The van der Waals surface area contributed by atoms with Crippen molar-refractivity contribution in [1.29, 1.82) is 0 Å². The molecule has 4 rings (SSSR count). The van der Waals surface area contributed by atoms with Crippen LogP contribution in [0.25, 0.3) is 0 Å². The average Bonchev–Trinajstić information content (AvgIpc) is 3.38. The summed E-state index contributed by atoms with van der Waals surface area (Å²) in [5.41, 5.74) is 1.44. The molecule has 0 unspecified atom stereocenters. The summed E-state index contributed by atoms with van der Waals surface area (Å²) in [6.07, 6.45) is 4.66. The molecular formula is C23H20N2O5. The smallest absolute Gasteiger partial charge is 0.290 e. The first-order chi connectivity index (χ1) is 14.6. The Hall–Kier alpha value is -3.87. The van der Waals surface area contributed by atoms with Gasteiger partial charge in [0, 0.05) is 18.9 Å². The number of hydrogen-bond donors (Lipinski definition) is 1. The van der Waals surface area contributed by atoms with E-state index in [4.69, 9.17) is 9.15 Å². The number of Topliss-reactive ketones (excluding diaryl/α,β-unsaturated/α-hetero) is 1. The van der Waals surface area contributed by atoms with E-state index in [2.05, 4.69) is 4.98 Å². The lowest BCUT2D eigenvalue weighted by atomic mass is 9.95. The van der Waals surface area contributed by atoms with Crippen LogP contribution in [0, 0.1) is 0 Å². The zero-order valence-electron chi connectivity index (χ0n) is 16.3. The first-order valence-corrected chi connectivity index (χ1v) is 9.54. The van der Waals surface area contributed by atoms with Crippen molar-refractivity contribution in [2.24, 2.45) is 0 Å². The minimum atomic E-state index is -0.772. The largest absolute Gasteiger partial charge is 0.503 e. The minimum absolute atomic E-state index is 0.0111. The lowest BCUT2D eigenvalue weighted by molar-refractivity contribution is -0.130. The molecule has 2 aromatic heterocycles. The summed E-state index contributed by atoms with van der Waals surface area (Å²) in [6.45, 7) is 2.60. The Balaban J connectivity index is 1.76. The zero-order valence-corrected chi connectivity index (χ0v) is 16.3. The molecule has 1 aromatic carbocycles. The van der Waals surface area contributed by atoms with E-state index in [1.807, 2.05) is 13.0 Å². The number of furan rings is 1. The van der Waals surface area contributed by atoms with Crippen LogP contribution in [-0.4, -0.2) is 33.3 Å². The lowest BCUT2D eigenvalue weighted by Gasteiger charge is -2.26. The highest BCUT2D eigenvalue weighted by atomic mass is 16.5. The second kappa shape index (κ2) is 8.24.